The lowest BCUT2D eigenvalue weighted by Gasteiger charge is -2.28. The van der Waals surface area contributed by atoms with Crippen LogP contribution in [0.2, 0.25) is 5.02 Å². The minimum Gasteiger partial charge on any atom is -0.395 e. The van der Waals surface area contributed by atoms with Gasteiger partial charge in [-0.05, 0) is 35.7 Å². The van der Waals surface area contributed by atoms with Gasteiger partial charge in [-0.2, -0.15) is 0 Å². The van der Waals surface area contributed by atoms with Gasteiger partial charge in [0.1, 0.15) is 5.82 Å². The molecule has 0 spiro atoms. The average Bonchev–Trinajstić information content (AvgIpc) is 2.42. The van der Waals surface area contributed by atoms with Crippen molar-refractivity contribution in [2.24, 2.45) is 0 Å². The van der Waals surface area contributed by atoms with Crippen LogP contribution < -0.4 is 0 Å². The van der Waals surface area contributed by atoms with Crippen molar-refractivity contribution >= 4 is 11.6 Å². The fourth-order valence-corrected chi connectivity index (χ4v) is 2.37. The van der Waals surface area contributed by atoms with E-state index in [0.29, 0.717) is 17.0 Å². The smallest absolute Gasteiger partial charge is 0.127 e. The van der Waals surface area contributed by atoms with Crippen molar-refractivity contribution < 1.29 is 9.50 Å². The van der Waals surface area contributed by atoms with E-state index >= 15 is 0 Å². The molecule has 2 aromatic carbocycles. The number of aliphatic hydroxyl groups excluding tert-OH is 1. The molecule has 19 heavy (non-hydrogen) atoms. The van der Waals surface area contributed by atoms with E-state index < -0.39 is 5.41 Å². The van der Waals surface area contributed by atoms with Crippen LogP contribution in [0.15, 0.2) is 48.5 Å². The summed E-state index contributed by atoms with van der Waals surface area (Å²) >= 11 is 5.85. The molecule has 100 valence electrons. The summed E-state index contributed by atoms with van der Waals surface area (Å²) < 4.78 is 13.9. The number of halogens is 2. The van der Waals surface area contributed by atoms with Gasteiger partial charge in [0.2, 0.25) is 0 Å². The standard InChI is InChI=1S/C16H16ClFO/c1-16(11-19,14-4-2-3-5-15(14)18)10-12-6-8-13(17)9-7-12/h2-9,19H,10-11H2,1H3. The van der Waals surface area contributed by atoms with Gasteiger partial charge in [0.15, 0.2) is 0 Å². The molecule has 0 saturated heterocycles. The molecule has 0 aliphatic rings. The number of aliphatic hydroxyl groups is 1. The fourth-order valence-electron chi connectivity index (χ4n) is 2.24. The highest BCUT2D eigenvalue weighted by atomic mass is 35.5. The number of hydrogen-bond acceptors (Lipinski definition) is 1. The van der Waals surface area contributed by atoms with Crippen molar-refractivity contribution in [3.8, 4) is 0 Å². The van der Waals surface area contributed by atoms with Gasteiger partial charge >= 0.3 is 0 Å². The molecule has 1 unspecified atom stereocenters. The summed E-state index contributed by atoms with van der Waals surface area (Å²) in [4.78, 5) is 0. The van der Waals surface area contributed by atoms with Crippen LogP contribution in [-0.2, 0) is 11.8 Å². The quantitative estimate of drug-likeness (QED) is 0.897. The monoisotopic (exact) mass is 278 g/mol. The molecule has 2 rings (SSSR count). The molecule has 0 radical (unpaired) electrons. The predicted octanol–water partition coefficient (Wildman–Crippen LogP) is 3.97. The van der Waals surface area contributed by atoms with Crippen molar-refractivity contribution in [2.45, 2.75) is 18.8 Å². The normalized spacial score (nSPS) is 14.1. The first-order chi connectivity index (χ1) is 9.05. The minimum absolute atomic E-state index is 0.115. The fraction of sp³-hybridized carbons (Fsp3) is 0.250. The largest absolute Gasteiger partial charge is 0.395 e. The first kappa shape index (κ1) is 14.0. The Bertz CT molecular complexity index is 553. The summed E-state index contributed by atoms with van der Waals surface area (Å²) in [6.07, 6.45) is 0.557. The first-order valence-electron chi connectivity index (χ1n) is 6.15. The topological polar surface area (TPSA) is 20.2 Å². The molecule has 0 bridgehead atoms. The zero-order chi connectivity index (χ0) is 13.9. The second-order valence-electron chi connectivity index (χ2n) is 5.00. The van der Waals surface area contributed by atoms with E-state index in [1.807, 2.05) is 19.1 Å². The summed E-state index contributed by atoms with van der Waals surface area (Å²) in [5.74, 6) is -0.284. The van der Waals surface area contributed by atoms with E-state index in [4.69, 9.17) is 11.6 Å². The Kier molecular flexibility index (Phi) is 4.23. The lowest BCUT2D eigenvalue weighted by atomic mass is 9.78. The van der Waals surface area contributed by atoms with Crippen molar-refractivity contribution in [3.63, 3.8) is 0 Å². The van der Waals surface area contributed by atoms with Gasteiger partial charge in [0.05, 0.1) is 6.61 Å². The second-order valence-corrected chi connectivity index (χ2v) is 5.44. The zero-order valence-electron chi connectivity index (χ0n) is 10.7. The molecule has 1 atom stereocenters. The average molecular weight is 279 g/mol. The summed E-state index contributed by atoms with van der Waals surface area (Å²) in [6.45, 7) is 1.75. The number of rotatable bonds is 4. The molecule has 0 aliphatic heterocycles. The third kappa shape index (κ3) is 3.14. The van der Waals surface area contributed by atoms with E-state index in [2.05, 4.69) is 0 Å². The third-order valence-corrected chi connectivity index (χ3v) is 3.63. The molecular formula is C16H16ClFO. The number of hydrogen-bond donors (Lipinski definition) is 1. The Morgan fingerprint density at radius 3 is 2.32 bits per heavy atom. The maximum atomic E-state index is 13.9. The Hall–Kier alpha value is -1.38. The van der Waals surface area contributed by atoms with Gasteiger partial charge in [-0.3, -0.25) is 0 Å². The maximum absolute atomic E-state index is 13.9. The third-order valence-electron chi connectivity index (χ3n) is 3.38. The molecule has 1 nitrogen and oxygen atoms in total. The lowest BCUT2D eigenvalue weighted by molar-refractivity contribution is 0.201. The Labute approximate surface area is 117 Å². The van der Waals surface area contributed by atoms with Crippen LogP contribution >= 0.6 is 11.6 Å². The molecule has 0 saturated carbocycles. The summed E-state index contributed by atoms with van der Waals surface area (Å²) in [5.41, 5.74) is 0.913. The van der Waals surface area contributed by atoms with Gasteiger partial charge in [0.25, 0.3) is 0 Å². The van der Waals surface area contributed by atoms with Crippen LogP contribution in [0.25, 0.3) is 0 Å². The molecular weight excluding hydrogens is 263 g/mol. The second kappa shape index (κ2) is 5.72. The summed E-state index contributed by atoms with van der Waals surface area (Å²) in [5, 5.41) is 10.4. The maximum Gasteiger partial charge on any atom is 0.127 e. The van der Waals surface area contributed by atoms with Crippen LogP contribution in [0.4, 0.5) is 4.39 Å². The van der Waals surface area contributed by atoms with E-state index in [1.165, 1.54) is 6.07 Å². The zero-order valence-corrected chi connectivity index (χ0v) is 11.5. The highest BCUT2D eigenvalue weighted by molar-refractivity contribution is 6.30. The van der Waals surface area contributed by atoms with Crippen LogP contribution in [-0.4, -0.2) is 11.7 Å². The first-order valence-corrected chi connectivity index (χ1v) is 6.53. The van der Waals surface area contributed by atoms with E-state index in [1.54, 1.807) is 30.3 Å². The summed E-state index contributed by atoms with van der Waals surface area (Å²) in [6, 6.07) is 14.0. The Balaban J connectivity index is 2.33. The van der Waals surface area contributed by atoms with Gasteiger partial charge in [-0.15, -0.1) is 0 Å². The lowest BCUT2D eigenvalue weighted by Crippen LogP contribution is -2.30. The molecule has 0 amide bonds. The number of benzene rings is 2. The Morgan fingerprint density at radius 2 is 1.74 bits per heavy atom. The highest BCUT2D eigenvalue weighted by Gasteiger charge is 2.28. The van der Waals surface area contributed by atoms with Gasteiger partial charge in [-0.25, -0.2) is 4.39 Å². The van der Waals surface area contributed by atoms with Crippen molar-refractivity contribution in [1.29, 1.82) is 0 Å². The minimum atomic E-state index is -0.640. The predicted molar refractivity (Wildman–Crippen MR) is 76.0 cm³/mol. The molecule has 0 aliphatic carbocycles. The summed E-state index contributed by atoms with van der Waals surface area (Å²) in [7, 11) is 0. The molecule has 0 aromatic heterocycles. The molecule has 0 fully saturated rings. The van der Waals surface area contributed by atoms with Crippen LogP contribution in [0, 0.1) is 5.82 Å². The van der Waals surface area contributed by atoms with Gasteiger partial charge < -0.3 is 5.11 Å². The SMILES string of the molecule is CC(CO)(Cc1ccc(Cl)cc1)c1ccccc1F. The molecule has 0 heterocycles. The van der Waals surface area contributed by atoms with Crippen LogP contribution in [0.5, 0.6) is 0 Å². The van der Waals surface area contributed by atoms with Crippen LogP contribution in [0.1, 0.15) is 18.1 Å². The van der Waals surface area contributed by atoms with E-state index in [0.717, 1.165) is 5.56 Å². The van der Waals surface area contributed by atoms with Gasteiger partial charge in [-0.1, -0.05) is 48.9 Å². The molecule has 1 N–H and O–H groups in total. The van der Waals surface area contributed by atoms with Gasteiger partial charge in [0, 0.05) is 10.4 Å². The van der Waals surface area contributed by atoms with Crippen LogP contribution in [0.3, 0.4) is 0 Å². The van der Waals surface area contributed by atoms with Crippen molar-refractivity contribution in [3.05, 3.63) is 70.5 Å². The highest BCUT2D eigenvalue weighted by Crippen LogP contribution is 2.30. The molecule has 2 aromatic rings. The van der Waals surface area contributed by atoms with E-state index in [9.17, 15) is 9.50 Å². The van der Waals surface area contributed by atoms with Crippen molar-refractivity contribution in [1.82, 2.24) is 0 Å². The van der Waals surface area contributed by atoms with E-state index in [-0.39, 0.29) is 12.4 Å². The molecule has 3 heteroatoms. The van der Waals surface area contributed by atoms with Crippen molar-refractivity contribution in [2.75, 3.05) is 6.61 Å². The Morgan fingerprint density at radius 1 is 1.11 bits per heavy atom.